The van der Waals surface area contributed by atoms with E-state index >= 15 is 0 Å². The van der Waals surface area contributed by atoms with Crippen molar-refractivity contribution >= 4 is 6.29 Å². The molecule has 0 fully saturated rings. The standard InChI is InChI=1S/C11H18O/c1-3-7-11(8-4-2)9-5-6-10-12/h3,7-8,10H,4-6,9H2,1-2H3/b7-3-,11-8+. The monoisotopic (exact) mass is 166 g/mol. The number of carbonyl (C=O) groups excluding carboxylic acids is 1. The second-order valence-corrected chi connectivity index (χ2v) is 2.75. The summed E-state index contributed by atoms with van der Waals surface area (Å²) in [6, 6.07) is 0. The second kappa shape index (κ2) is 8.25. The number of rotatable bonds is 6. The molecule has 0 saturated heterocycles. The molecule has 0 unspecified atom stereocenters. The first kappa shape index (κ1) is 11.2. The van der Waals surface area contributed by atoms with Crippen molar-refractivity contribution in [2.24, 2.45) is 0 Å². The van der Waals surface area contributed by atoms with Crippen LogP contribution in [-0.4, -0.2) is 6.29 Å². The second-order valence-electron chi connectivity index (χ2n) is 2.75. The summed E-state index contributed by atoms with van der Waals surface area (Å²) >= 11 is 0. The lowest BCUT2D eigenvalue weighted by atomic mass is 10.1. The molecule has 0 aromatic carbocycles. The van der Waals surface area contributed by atoms with Crippen molar-refractivity contribution in [2.75, 3.05) is 0 Å². The quantitative estimate of drug-likeness (QED) is 0.336. The van der Waals surface area contributed by atoms with Gasteiger partial charge in [-0.25, -0.2) is 0 Å². The SMILES string of the molecule is C/C=C\C(=C/CC)CCCC=O. The highest BCUT2D eigenvalue weighted by atomic mass is 16.1. The minimum absolute atomic E-state index is 0.679. The lowest BCUT2D eigenvalue weighted by Crippen LogP contribution is -1.81. The van der Waals surface area contributed by atoms with Crippen molar-refractivity contribution in [1.82, 2.24) is 0 Å². The van der Waals surface area contributed by atoms with E-state index in [9.17, 15) is 4.79 Å². The van der Waals surface area contributed by atoms with Gasteiger partial charge >= 0.3 is 0 Å². The molecule has 0 saturated carbocycles. The molecule has 0 radical (unpaired) electrons. The van der Waals surface area contributed by atoms with Crippen LogP contribution in [0.4, 0.5) is 0 Å². The average molecular weight is 166 g/mol. The number of aldehydes is 1. The van der Waals surface area contributed by atoms with Crippen LogP contribution in [0, 0.1) is 0 Å². The van der Waals surface area contributed by atoms with Crippen molar-refractivity contribution in [3.8, 4) is 0 Å². The van der Waals surface area contributed by atoms with E-state index in [1.807, 2.05) is 13.0 Å². The van der Waals surface area contributed by atoms with Gasteiger partial charge in [-0.2, -0.15) is 0 Å². The molecule has 0 bridgehead atoms. The third-order valence-electron chi connectivity index (χ3n) is 1.63. The minimum Gasteiger partial charge on any atom is -0.303 e. The van der Waals surface area contributed by atoms with Gasteiger partial charge in [0.15, 0.2) is 0 Å². The molecule has 0 aromatic heterocycles. The molecule has 0 aromatic rings. The van der Waals surface area contributed by atoms with Gasteiger partial charge in [0.2, 0.25) is 0 Å². The van der Waals surface area contributed by atoms with E-state index in [0.717, 1.165) is 25.5 Å². The van der Waals surface area contributed by atoms with Crippen LogP contribution in [0.25, 0.3) is 0 Å². The molecule has 0 rings (SSSR count). The van der Waals surface area contributed by atoms with Gasteiger partial charge in [-0.3, -0.25) is 0 Å². The first-order chi connectivity index (χ1) is 5.85. The Hall–Kier alpha value is -0.850. The van der Waals surface area contributed by atoms with Crippen LogP contribution in [0.2, 0.25) is 0 Å². The van der Waals surface area contributed by atoms with Crippen LogP contribution in [0.5, 0.6) is 0 Å². The lowest BCUT2D eigenvalue weighted by Gasteiger charge is -1.98. The van der Waals surface area contributed by atoms with Crippen LogP contribution in [0.15, 0.2) is 23.8 Å². The van der Waals surface area contributed by atoms with Gasteiger partial charge in [-0.1, -0.05) is 30.7 Å². The maximum atomic E-state index is 10.1. The molecule has 0 N–H and O–H groups in total. The molecule has 0 aliphatic heterocycles. The summed E-state index contributed by atoms with van der Waals surface area (Å²) in [6.07, 6.45) is 11.1. The summed E-state index contributed by atoms with van der Waals surface area (Å²) in [6.45, 7) is 4.15. The van der Waals surface area contributed by atoms with Crippen molar-refractivity contribution in [3.63, 3.8) is 0 Å². The van der Waals surface area contributed by atoms with Crippen molar-refractivity contribution in [2.45, 2.75) is 39.5 Å². The highest BCUT2D eigenvalue weighted by molar-refractivity contribution is 5.49. The topological polar surface area (TPSA) is 17.1 Å². The van der Waals surface area contributed by atoms with Gasteiger partial charge in [0.05, 0.1) is 0 Å². The molecule has 12 heavy (non-hydrogen) atoms. The Bertz CT molecular complexity index is 166. The number of hydrogen-bond donors (Lipinski definition) is 0. The molecular weight excluding hydrogens is 148 g/mol. The van der Waals surface area contributed by atoms with Crippen molar-refractivity contribution in [1.29, 1.82) is 0 Å². The van der Waals surface area contributed by atoms with Crippen LogP contribution >= 0.6 is 0 Å². The highest BCUT2D eigenvalue weighted by Crippen LogP contribution is 2.09. The summed E-state index contributed by atoms with van der Waals surface area (Å²) in [5.41, 5.74) is 1.35. The molecule has 0 amide bonds. The van der Waals surface area contributed by atoms with Crippen LogP contribution < -0.4 is 0 Å². The Morgan fingerprint density at radius 2 is 2.17 bits per heavy atom. The summed E-state index contributed by atoms with van der Waals surface area (Å²) < 4.78 is 0. The predicted octanol–water partition coefficient (Wildman–Crippen LogP) is 3.27. The number of carbonyl (C=O) groups is 1. The van der Waals surface area contributed by atoms with Crippen LogP contribution in [-0.2, 0) is 4.79 Å². The Morgan fingerprint density at radius 1 is 1.42 bits per heavy atom. The first-order valence-electron chi connectivity index (χ1n) is 4.60. The van der Waals surface area contributed by atoms with E-state index < -0.39 is 0 Å². The van der Waals surface area contributed by atoms with Gasteiger partial charge in [0.25, 0.3) is 0 Å². The Balaban J connectivity index is 3.79. The van der Waals surface area contributed by atoms with Gasteiger partial charge in [0.1, 0.15) is 6.29 Å². The van der Waals surface area contributed by atoms with Gasteiger partial charge in [0, 0.05) is 6.42 Å². The van der Waals surface area contributed by atoms with E-state index in [2.05, 4.69) is 19.1 Å². The number of allylic oxidation sites excluding steroid dienone is 4. The van der Waals surface area contributed by atoms with E-state index in [1.165, 1.54) is 5.57 Å². The fraction of sp³-hybridized carbons (Fsp3) is 0.545. The Kier molecular flexibility index (Phi) is 7.66. The average Bonchev–Trinajstić information content (AvgIpc) is 2.06. The fourth-order valence-electron chi connectivity index (χ4n) is 1.12. The molecule has 0 aliphatic carbocycles. The van der Waals surface area contributed by atoms with E-state index in [0.29, 0.717) is 6.42 Å². The van der Waals surface area contributed by atoms with Gasteiger partial charge in [-0.15, -0.1) is 0 Å². The smallest absolute Gasteiger partial charge is 0.120 e. The molecule has 68 valence electrons. The summed E-state index contributed by atoms with van der Waals surface area (Å²) in [4.78, 5) is 10.1. The van der Waals surface area contributed by atoms with Crippen LogP contribution in [0.1, 0.15) is 39.5 Å². The zero-order valence-electron chi connectivity index (χ0n) is 8.05. The largest absolute Gasteiger partial charge is 0.303 e. The summed E-state index contributed by atoms with van der Waals surface area (Å²) in [5, 5.41) is 0. The molecule has 1 nitrogen and oxygen atoms in total. The van der Waals surface area contributed by atoms with Crippen molar-refractivity contribution < 1.29 is 4.79 Å². The zero-order chi connectivity index (χ0) is 9.23. The lowest BCUT2D eigenvalue weighted by molar-refractivity contribution is -0.107. The van der Waals surface area contributed by atoms with E-state index in [4.69, 9.17) is 0 Å². The Morgan fingerprint density at radius 3 is 2.67 bits per heavy atom. The van der Waals surface area contributed by atoms with Gasteiger partial charge in [-0.05, 0) is 26.2 Å². The molecule has 0 aliphatic rings. The Labute approximate surface area is 75.2 Å². The zero-order valence-corrected chi connectivity index (χ0v) is 8.05. The third-order valence-corrected chi connectivity index (χ3v) is 1.63. The molecule has 0 heterocycles. The normalized spacial score (nSPS) is 12.3. The van der Waals surface area contributed by atoms with Gasteiger partial charge < -0.3 is 4.79 Å². The molecule has 0 spiro atoms. The first-order valence-corrected chi connectivity index (χ1v) is 4.60. The molecular formula is C11H18O. The number of unbranched alkanes of at least 4 members (excludes halogenated alkanes) is 1. The third kappa shape index (κ3) is 5.90. The summed E-state index contributed by atoms with van der Waals surface area (Å²) in [5.74, 6) is 0. The van der Waals surface area contributed by atoms with Crippen LogP contribution in [0.3, 0.4) is 0 Å². The molecule has 0 atom stereocenters. The molecule has 1 heteroatoms. The summed E-state index contributed by atoms with van der Waals surface area (Å²) in [7, 11) is 0. The van der Waals surface area contributed by atoms with E-state index in [-0.39, 0.29) is 0 Å². The van der Waals surface area contributed by atoms with Crippen molar-refractivity contribution in [3.05, 3.63) is 23.8 Å². The maximum absolute atomic E-state index is 10.1. The number of hydrogen-bond acceptors (Lipinski definition) is 1. The minimum atomic E-state index is 0.679. The maximum Gasteiger partial charge on any atom is 0.120 e. The predicted molar refractivity (Wildman–Crippen MR) is 53.1 cm³/mol. The van der Waals surface area contributed by atoms with E-state index in [1.54, 1.807) is 0 Å². The fourth-order valence-corrected chi connectivity index (χ4v) is 1.12. The highest BCUT2D eigenvalue weighted by Gasteiger charge is 1.91.